The van der Waals surface area contributed by atoms with Gasteiger partial charge in [-0.2, -0.15) is 0 Å². The van der Waals surface area contributed by atoms with Crippen molar-refractivity contribution >= 4 is 25.3 Å². The lowest BCUT2D eigenvalue weighted by atomic mass is 10.0. The van der Waals surface area contributed by atoms with Gasteiger partial charge in [-0.25, -0.2) is 0 Å². The van der Waals surface area contributed by atoms with Crippen molar-refractivity contribution in [2.24, 2.45) is 0 Å². The summed E-state index contributed by atoms with van der Waals surface area (Å²) in [6.45, 7) is 0. The zero-order valence-corrected chi connectivity index (χ0v) is 24.0. The average molecular weight is 552 g/mol. The van der Waals surface area contributed by atoms with Crippen molar-refractivity contribution < 1.29 is 9.47 Å². The summed E-state index contributed by atoms with van der Waals surface area (Å²) in [4.78, 5) is 2.24. The Morgan fingerprint density at radius 1 is 0.439 bits per heavy atom. The Balaban J connectivity index is 1.42. The highest BCUT2D eigenvalue weighted by molar-refractivity contribution is 7.37. The van der Waals surface area contributed by atoms with Gasteiger partial charge in [-0.15, -0.1) is 0 Å². The van der Waals surface area contributed by atoms with Gasteiger partial charge in [-0.1, -0.05) is 87.1 Å². The van der Waals surface area contributed by atoms with Crippen LogP contribution in [0.15, 0.2) is 146 Å². The number of benzene rings is 5. The summed E-state index contributed by atoms with van der Waals surface area (Å²) >= 11 is 0. The molecule has 0 bridgehead atoms. The molecule has 0 aliphatic carbocycles. The molecule has 5 aromatic carbocycles. The summed E-state index contributed by atoms with van der Waals surface area (Å²) in [6, 6.07) is 51.0. The van der Waals surface area contributed by atoms with Gasteiger partial charge in [0, 0.05) is 27.7 Å². The average Bonchev–Trinajstić information content (AvgIpc) is 3.06. The van der Waals surface area contributed by atoms with E-state index in [9.17, 15) is 0 Å². The van der Waals surface area contributed by atoms with E-state index in [0.29, 0.717) is 0 Å². The molecule has 1 aromatic heterocycles. The van der Waals surface area contributed by atoms with E-state index in [0.717, 1.165) is 28.6 Å². The van der Waals surface area contributed by atoms with Crippen molar-refractivity contribution in [1.82, 2.24) is 0 Å². The summed E-state index contributed by atoms with van der Waals surface area (Å²) in [6.07, 6.45) is 0. The Hall–Kier alpha value is -4.85. The molecular formula is C37H30NO2P. The van der Waals surface area contributed by atoms with E-state index in [1.54, 1.807) is 14.2 Å². The van der Waals surface area contributed by atoms with Crippen LogP contribution in [0.25, 0.3) is 32.8 Å². The largest absolute Gasteiger partial charge is 0.497 e. The number of nitrogens with zero attached hydrogens (tertiary/aromatic N) is 1. The Morgan fingerprint density at radius 2 is 0.902 bits per heavy atom. The van der Waals surface area contributed by atoms with Crippen molar-refractivity contribution in [2.75, 3.05) is 19.1 Å². The van der Waals surface area contributed by atoms with Gasteiger partial charge in [0.1, 0.15) is 11.5 Å². The molecule has 0 radical (unpaired) electrons. The summed E-state index contributed by atoms with van der Waals surface area (Å²) in [5.74, 6) is 1.66. The molecule has 0 aliphatic heterocycles. The predicted molar refractivity (Wildman–Crippen MR) is 173 cm³/mol. The fourth-order valence-electron chi connectivity index (χ4n) is 4.98. The topological polar surface area (TPSA) is 21.7 Å². The molecule has 41 heavy (non-hydrogen) atoms. The number of ether oxygens (including phenoxy) is 2. The van der Waals surface area contributed by atoms with Gasteiger partial charge in [0.15, 0.2) is 0 Å². The highest BCUT2D eigenvalue weighted by Gasteiger charge is 2.15. The lowest BCUT2D eigenvalue weighted by molar-refractivity contribution is 0.415. The van der Waals surface area contributed by atoms with Crippen molar-refractivity contribution in [1.29, 1.82) is 0 Å². The Labute approximate surface area is 243 Å². The Kier molecular flexibility index (Phi) is 7.80. The van der Waals surface area contributed by atoms with Gasteiger partial charge in [-0.05, 0) is 89.0 Å². The van der Waals surface area contributed by atoms with Gasteiger partial charge in [-0.3, -0.25) is 0 Å². The zero-order chi connectivity index (χ0) is 28.0. The third-order valence-electron chi connectivity index (χ3n) is 7.11. The third kappa shape index (κ3) is 5.72. The molecule has 0 unspecified atom stereocenters. The maximum atomic E-state index is 5.41. The van der Waals surface area contributed by atoms with Crippen LogP contribution in [0, 0.1) is 0 Å². The minimum Gasteiger partial charge on any atom is -0.497 e. The number of anilines is 3. The molecule has 0 saturated heterocycles. The smallest absolute Gasteiger partial charge is 0.119 e. The van der Waals surface area contributed by atoms with Crippen molar-refractivity contribution in [2.45, 2.75) is 0 Å². The predicted octanol–water partition coefficient (Wildman–Crippen LogP) is 10.8. The number of hydrogen-bond acceptors (Lipinski definition) is 3. The first-order chi connectivity index (χ1) is 20.2. The zero-order valence-electron chi connectivity index (χ0n) is 23.1. The third-order valence-corrected chi connectivity index (χ3v) is 8.48. The molecule has 200 valence electrons. The van der Waals surface area contributed by atoms with E-state index in [-0.39, 0.29) is 0 Å². The fourth-order valence-corrected chi connectivity index (χ4v) is 6.25. The minimum absolute atomic E-state index is 0.828. The van der Waals surface area contributed by atoms with Crippen LogP contribution in [-0.2, 0) is 0 Å². The fraction of sp³-hybridized carbons (Fsp3) is 0.0541. The highest BCUT2D eigenvalue weighted by atomic mass is 31.0. The number of methoxy groups -OCH3 is 2. The van der Waals surface area contributed by atoms with E-state index in [4.69, 9.17) is 9.47 Å². The molecule has 0 amide bonds. The molecule has 0 spiro atoms. The minimum atomic E-state index is 0.828. The van der Waals surface area contributed by atoms with Crippen LogP contribution in [0.3, 0.4) is 0 Å². The second-order valence-corrected chi connectivity index (χ2v) is 10.8. The first kappa shape index (κ1) is 26.4. The molecular weight excluding hydrogens is 521 g/mol. The van der Waals surface area contributed by atoms with Crippen LogP contribution >= 0.6 is 8.19 Å². The summed E-state index contributed by atoms with van der Waals surface area (Å²) in [5.41, 5.74) is 8.08. The SMILES string of the molecule is COc1ccc(N(c2ccc(OC)cc2)c2ccc(-c3ccc(-c4ccccc4)pc3-c3ccccc3)cc2)cc1. The maximum absolute atomic E-state index is 5.41. The van der Waals surface area contributed by atoms with E-state index < -0.39 is 0 Å². The van der Waals surface area contributed by atoms with Gasteiger partial charge >= 0.3 is 0 Å². The van der Waals surface area contributed by atoms with Gasteiger partial charge in [0.05, 0.1) is 14.2 Å². The summed E-state index contributed by atoms with van der Waals surface area (Å²) < 4.78 is 10.8. The van der Waals surface area contributed by atoms with Crippen LogP contribution in [0.5, 0.6) is 11.5 Å². The Morgan fingerprint density at radius 3 is 1.39 bits per heavy atom. The monoisotopic (exact) mass is 551 g/mol. The van der Waals surface area contributed by atoms with Crippen molar-refractivity contribution in [3.8, 4) is 44.3 Å². The first-order valence-electron chi connectivity index (χ1n) is 13.5. The van der Waals surface area contributed by atoms with E-state index >= 15 is 0 Å². The van der Waals surface area contributed by atoms with Gasteiger partial charge < -0.3 is 14.4 Å². The number of rotatable bonds is 8. The summed E-state index contributed by atoms with van der Waals surface area (Å²) in [7, 11) is 4.57. The second-order valence-electron chi connectivity index (χ2n) is 9.60. The summed E-state index contributed by atoms with van der Waals surface area (Å²) in [5, 5.41) is 2.61. The molecule has 0 N–H and O–H groups in total. The highest BCUT2D eigenvalue weighted by Crippen LogP contribution is 2.44. The quantitative estimate of drug-likeness (QED) is 0.188. The molecule has 6 rings (SSSR count). The molecule has 0 aliphatic rings. The van der Waals surface area contributed by atoms with E-state index in [1.165, 1.54) is 41.0 Å². The molecule has 1 heterocycles. The Bertz CT molecular complexity index is 1670. The van der Waals surface area contributed by atoms with Gasteiger partial charge in [0.2, 0.25) is 0 Å². The first-order valence-corrected chi connectivity index (χ1v) is 14.4. The van der Waals surface area contributed by atoms with Crippen LogP contribution < -0.4 is 14.4 Å². The van der Waals surface area contributed by atoms with Crippen molar-refractivity contribution in [3.05, 3.63) is 146 Å². The lowest BCUT2D eigenvalue weighted by Gasteiger charge is -2.26. The van der Waals surface area contributed by atoms with Crippen LogP contribution in [0.4, 0.5) is 17.1 Å². The van der Waals surface area contributed by atoms with E-state index in [2.05, 4.69) is 126 Å². The van der Waals surface area contributed by atoms with Gasteiger partial charge in [0.25, 0.3) is 0 Å². The second kappa shape index (κ2) is 12.1. The maximum Gasteiger partial charge on any atom is 0.119 e. The molecule has 0 atom stereocenters. The normalized spacial score (nSPS) is 10.9. The molecule has 4 heteroatoms. The lowest BCUT2D eigenvalue weighted by Crippen LogP contribution is -2.09. The number of hydrogen-bond donors (Lipinski definition) is 0. The van der Waals surface area contributed by atoms with Crippen LogP contribution in [-0.4, -0.2) is 14.2 Å². The molecule has 0 fully saturated rings. The van der Waals surface area contributed by atoms with Crippen LogP contribution in [0.2, 0.25) is 0 Å². The molecule has 3 nitrogen and oxygen atoms in total. The van der Waals surface area contributed by atoms with Crippen molar-refractivity contribution in [3.63, 3.8) is 0 Å². The molecule has 0 saturated carbocycles. The molecule has 6 aromatic rings. The van der Waals surface area contributed by atoms with E-state index in [1.807, 2.05) is 24.3 Å². The standard InChI is InChI=1S/C37H30NO2P/c1-39-33-21-17-31(18-22-33)38(32-19-23-34(40-2)24-20-32)30-15-13-27(14-16-30)35-25-26-36(28-9-5-3-6-10-28)41-37(35)29-11-7-4-8-12-29/h3-26H,1-2H3. The van der Waals surface area contributed by atoms with Crippen LogP contribution in [0.1, 0.15) is 0 Å².